The summed E-state index contributed by atoms with van der Waals surface area (Å²) in [5.41, 5.74) is 3.26. The van der Waals surface area contributed by atoms with E-state index < -0.39 is 5.82 Å². The third-order valence-corrected chi connectivity index (χ3v) is 5.69. The first-order chi connectivity index (χ1) is 16.0. The van der Waals surface area contributed by atoms with Crippen LogP contribution in [0.1, 0.15) is 11.1 Å². The zero-order valence-electron chi connectivity index (χ0n) is 18.0. The average molecular weight is 440 g/mol. The molecule has 6 nitrogen and oxygen atoms in total. The van der Waals surface area contributed by atoms with E-state index in [1.807, 2.05) is 54.6 Å². The Morgan fingerprint density at radius 3 is 2.58 bits per heavy atom. The number of nitrogens with one attached hydrogen (secondary N) is 1. The van der Waals surface area contributed by atoms with Crippen molar-refractivity contribution in [1.29, 1.82) is 0 Å². The highest BCUT2D eigenvalue weighted by Crippen LogP contribution is 2.25. The highest BCUT2D eigenvalue weighted by atomic mass is 19.1. The molecule has 0 atom stereocenters. The zero-order valence-corrected chi connectivity index (χ0v) is 18.0. The van der Waals surface area contributed by atoms with Crippen LogP contribution in [-0.2, 0) is 17.9 Å². The van der Waals surface area contributed by atoms with E-state index in [4.69, 9.17) is 0 Å². The molecule has 5 rings (SSSR count). The van der Waals surface area contributed by atoms with Crippen LogP contribution in [0.3, 0.4) is 0 Å². The molecule has 0 aliphatic carbocycles. The molecular weight excluding hydrogens is 419 g/mol. The first-order valence-electron chi connectivity index (χ1n) is 10.6. The van der Waals surface area contributed by atoms with Gasteiger partial charge in [-0.05, 0) is 36.2 Å². The number of carbonyl (C=O) groups is 1. The zero-order chi connectivity index (χ0) is 22.9. The van der Waals surface area contributed by atoms with Gasteiger partial charge in [0.15, 0.2) is 0 Å². The Labute approximate surface area is 188 Å². The van der Waals surface area contributed by atoms with Crippen molar-refractivity contribution >= 4 is 33.5 Å². The minimum absolute atomic E-state index is 0.105. The molecule has 1 amide bonds. The van der Waals surface area contributed by atoms with Gasteiger partial charge in [-0.1, -0.05) is 54.6 Å². The van der Waals surface area contributed by atoms with E-state index in [1.54, 1.807) is 34.5 Å². The summed E-state index contributed by atoms with van der Waals surface area (Å²) in [5, 5.41) is 3.52. The number of hydrogen-bond acceptors (Lipinski definition) is 3. The molecule has 33 heavy (non-hydrogen) atoms. The van der Waals surface area contributed by atoms with Gasteiger partial charge in [0.25, 0.3) is 5.56 Å². The molecule has 7 heteroatoms. The standard InChI is InChI=1S/C26H21FN4O2/c1-17-11-12-19(13-21(17)27)29-23(32)15-31-22-10-6-5-9-20(22)24-25(31)26(33)30(16-28-24)14-18-7-3-2-4-8-18/h2-13,16H,14-15H2,1H3,(H,29,32). The van der Waals surface area contributed by atoms with Gasteiger partial charge >= 0.3 is 0 Å². The quantitative estimate of drug-likeness (QED) is 0.438. The van der Waals surface area contributed by atoms with Crippen molar-refractivity contribution < 1.29 is 9.18 Å². The van der Waals surface area contributed by atoms with Crippen LogP contribution >= 0.6 is 0 Å². The van der Waals surface area contributed by atoms with Gasteiger partial charge in [-0.25, -0.2) is 9.37 Å². The second-order valence-corrected chi connectivity index (χ2v) is 7.98. The topological polar surface area (TPSA) is 68.9 Å². The summed E-state index contributed by atoms with van der Waals surface area (Å²) in [6.45, 7) is 1.93. The Balaban J connectivity index is 1.57. The molecule has 0 saturated carbocycles. The van der Waals surface area contributed by atoms with Crippen LogP contribution in [-0.4, -0.2) is 20.0 Å². The average Bonchev–Trinajstić information content (AvgIpc) is 3.13. The fourth-order valence-electron chi connectivity index (χ4n) is 4.02. The first kappa shape index (κ1) is 20.6. The maximum atomic E-state index is 13.9. The van der Waals surface area contributed by atoms with Gasteiger partial charge in [0.2, 0.25) is 5.91 Å². The number of fused-ring (bicyclic) bond motifs is 3. The molecule has 0 aliphatic heterocycles. The van der Waals surface area contributed by atoms with Gasteiger partial charge in [-0.2, -0.15) is 0 Å². The number of carbonyl (C=O) groups excluding carboxylic acids is 1. The normalized spacial score (nSPS) is 11.2. The van der Waals surface area contributed by atoms with Crippen LogP contribution in [0.25, 0.3) is 21.9 Å². The molecule has 1 N–H and O–H groups in total. The smallest absolute Gasteiger partial charge is 0.278 e. The van der Waals surface area contributed by atoms with Gasteiger partial charge in [0.05, 0.1) is 18.4 Å². The number of rotatable bonds is 5. The molecule has 164 valence electrons. The Morgan fingerprint density at radius 2 is 1.79 bits per heavy atom. The summed E-state index contributed by atoms with van der Waals surface area (Å²) in [6.07, 6.45) is 1.55. The van der Waals surface area contributed by atoms with Crippen LogP contribution < -0.4 is 10.9 Å². The molecule has 0 bridgehead atoms. The number of anilines is 1. The number of amides is 1. The van der Waals surface area contributed by atoms with Crippen molar-refractivity contribution in [3.8, 4) is 0 Å². The number of benzene rings is 3. The van der Waals surface area contributed by atoms with E-state index in [9.17, 15) is 14.0 Å². The van der Waals surface area contributed by atoms with Gasteiger partial charge in [0, 0.05) is 11.1 Å². The second kappa shape index (κ2) is 8.35. The fourth-order valence-corrected chi connectivity index (χ4v) is 4.02. The van der Waals surface area contributed by atoms with Crippen LogP contribution in [0.2, 0.25) is 0 Å². The van der Waals surface area contributed by atoms with Crippen LogP contribution in [0.4, 0.5) is 10.1 Å². The van der Waals surface area contributed by atoms with Gasteiger partial charge < -0.3 is 9.88 Å². The van der Waals surface area contributed by atoms with Crippen LogP contribution in [0.15, 0.2) is 83.9 Å². The Bertz CT molecular complexity index is 1550. The second-order valence-electron chi connectivity index (χ2n) is 7.98. The van der Waals surface area contributed by atoms with Crippen molar-refractivity contribution in [1.82, 2.24) is 14.1 Å². The Hall–Kier alpha value is -4.26. The third kappa shape index (κ3) is 3.89. The molecule has 0 unspecified atom stereocenters. The largest absolute Gasteiger partial charge is 0.325 e. The van der Waals surface area contributed by atoms with Crippen molar-refractivity contribution in [2.75, 3.05) is 5.32 Å². The highest BCUT2D eigenvalue weighted by Gasteiger charge is 2.18. The van der Waals surface area contributed by atoms with Crippen molar-refractivity contribution in [3.63, 3.8) is 0 Å². The molecule has 2 aromatic heterocycles. The van der Waals surface area contributed by atoms with Gasteiger partial charge in [0.1, 0.15) is 23.4 Å². The van der Waals surface area contributed by atoms with E-state index in [1.165, 1.54) is 6.07 Å². The fraction of sp³-hybridized carbons (Fsp3) is 0.115. The maximum Gasteiger partial charge on any atom is 0.278 e. The Kier molecular flexibility index (Phi) is 5.22. The molecule has 2 heterocycles. The lowest BCUT2D eigenvalue weighted by Crippen LogP contribution is -2.25. The van der Waals surface area contributed by atoms with Gasteiger partial charge in [-0.3, -0.25) is 14.2 Å². The number of halogens is 1. The molecule has 0 spiro atoms. The summed E-state index contributed by atoms with van der Waals surface area (Å²) >= 11 is 0. The maximum absolute atomic E-state index is 13.9. The molecule has 0 saturated heterocycles. The van der Waals surface area contributed by atoms with E-state index in [-0.39, 0.29) is 18.0 Å². The molecule has 3 aromatic carbocycles. The lowest BCUT2D eigenvalue weighted by atomic mass is 10.2. The predicted molar refractivity (Wildman–Crippen MR) is 127 cm³/mol. The Morgan fingerprint density at radius 1 is 1.03 bits per heavy atom. The number of aromatic nitrogens is 3. The summed E-state index contributed by atoms with van der Waals surface area (Å²) in [4.78, 5) is 30.9. The molecule has 5 aromatic rings. The number of aryl methyl sites for hydroxylation is 1. The number of hydrogen-bond donors (Lipinski definition) is 1. The van der Waals surface area contributed by atoms with Crippen molar-refractivity contribution in [3.05, 3.63) is 106 Å². The molecule has 0 aliphatic rings. The number of nitrogens with zero attached hydrogens (tertiary/aromatic N) is 3. The predicted octanol–water partition coefficient (Wildman–Crippen LogP) is 4.49. The van der Waals surface area contributed by atoms with E-state index in [0.29, 0.717) is 28.8 Å². The lowest BCUT2D eigenvalue weighted by Gasteiger charge is -2.10. The number of para-hydroxylation sites is 1. The minimum Gasteiger partial charge on any atom is -0.325 e. The van der Waals surface area contributed by atoms with Crippen molar-refractivity contribution in [2.24, 2.45) is 0 Å². The van der Waals surface area contributed by atoms with Crippen molar-refractivity contribution in [2.45, 2.75) is 20.0 Å². The van der Waals surface area contributed by atoms with E-state index >= 15 is 0 Å². The van der Waals surface area contributed by atoms with Gasteiger partial charge in [-0.15, -0.1) is 0 Å². The lowest BCUT2D eigenvalue weighted by molar-refractivity contribution is -0.116. The summed E-state index contributed by atoms with van der Waals surface area (Å²) in [5.74, 6) is -0.753. The minimum atomic E-state index is -0.391. The van der Waals surface area contributed by atoms with Crippen LogP contribution in [0, 0.1) is 12.7 Å². The monoisotopic (exact) mass is 440 g/mol. The summed E-state index contributed by atoms with van der Waals surface area (Å²) in [6, 6.07) is 21.7. The SMILES string of the molecule is Cc1ccc(NC(=O)Cn2c3ccccc3c3ncn(Cc4ccccc4)c(=O)c32)cc1F. The first-order valence-corrected chi connectivity index (χ1v) is 10.6. The van der Waals surface area contributed by atoms with E-state index in [0.717, 1.165) is 16.5 Å². The van der Waals surface area contributed by atoms with Crippen LogP contribution in [0.5, 0.6) is 0 Å². The third-order valence-electron chi connectivity index (χ3n) is 5.69. The summed E-state index contributed by atoms with van der Waals surface area (Å²) < 4.78 is 17.1. The summed E-state index contributed by atoms with van der Waals surface area (Å²) in [7, 11) is 0. The van der Waals surface area contributed by atoms with E-state index in [2.05, 4.69) is 10.3 Å². The highest BCUT2D eigenvalue weighted by molar-refractivity contribution is 6.06. The molecule has 0 fully saturated rings. The molecule has 0 radical (unpaired) electrons. The molecular formula is C26H21FN4O2.